The SMILES string of the molecule is CCN(c1ccccc1)c1cncc(C(=O)NCCCOC)c1. The van der Waals surface area contributed by atoms with Gasteiger partial charge in [0.1, 0.15) is 0 Å². The van der Waals surface area contributed by atoms with Crippen molar-refractivity contribution >= 4 is 17.3 Å². The maximum Gasteiger partial charge on any atom is 0.252 e. The van der Waals surface area contributed by atoms with Crippen LogP contribution in [0.1, 0.15) is 23.7 Å². The Balaban J connectivity index is 2.10. The van der Waals surface area contributed by atoms with Crippen LogP contribution in [-0.4, -0.2) is 37.7 Å². The molecule has 0 aliphatic heterocycles. The summed E-state index contributed by atoms with van der Waals surface area (Å²) in [4.78, 5) is 18.5. The van der Waals surface area contributed by atoms with E-state index in [0.717, 1.165) is 24.3 Å². The second-order valence-electron chi connectivity index (χ2n) is 5.11. The fourth-order valence-electron chi connectivity index (χ4n) is 2.34. The van der Waals surface area contributed by atoms with E-state index < -0.39 is 0 Å². The number of methoxy groups -OCH3 is 1. The number of rotatable bonds is 8. The lowest BCUT2D eigenvalue weighted by Gasteiger charge is -2.23. The van der Waals surface area contributed by atoms with E-state index in [9.17, 15) is 4.79 Å². The molecule has 1 N–H and O–H groups in total. The van der Waals surface area contributed by atoms with Gasteiger partial charge in [-0.1, -0.05) is 18.2 Å². The van der Waals surface area contributed by atoms with Crippen LogP contribution in [-0.2, 0) is 4.74 Å². The lowest BCUT2D eigenvalue weighted by atomic mass is 10.2. The maximum absolute atomic E-state index is 12.2. The monoisotopic (exact) mass is 313 g/mol. The molecule has 1 heterocycles. The second kappa shape index (κ2) is 8.90. The first kappa shape index (κ1) is 17.0. The highest BCUT2D eigenvalue weighted by molar-refractivity contribution is 5.94. The molecule has 2 rings (SSSR count). The predicted molar refractivity (Wildman–Crippen MR) is 92.2 cm³/mol. The van der Waals surface area contributed by atoms with Crippen LogP contribution in [0.3, 0.4) is 0 Å². The van der Waals surface area contributed by atoms with Crippen LogP contribution in [0.5, 0.6) is 0 Å². The molecule has 2 aromatic rings. The van der Waals surface area contributed by atoms with Crippen molar-refractivity contribution in [1.29, 1.82) is 0 Å². The first-order valence-corrected chi connectivity index (χ1v) is 7.81. The van der Waals surface area contributed by atoms with Crippen molar-refractivity contribution < 1.29 is 9.53 Å². The molecular weight excluding hydrogens is 290 g/mol. The highest BCUT2D eigenvalue weighted by Gasteiger charge is 2.11. The van der Waals surface area contributed by atoms with Gasteiger partial charge >= 0.3 is 0 Å². The number of carbonyl (C=O) groups excluding carboxylic acids is 1. The zero-order chi connectivity index (χ0) is 16.5. The molecule has 0 atom stereocenters. The van der Waals surface area contributed by atoms with Crippen LogP contribution in [0.4, 0.5) is 11.4 Å². The summed E-state index contributed by atoms with van der Waals surface area (Å²) < 4.78 is 4.97. The fourth-order valence-corrected chi connectivity index (χ4v) is 2.34. The van der Waals surface area contributed by atoms with Crippen LogP contribution in [0, 0.1) is 0 Å². The minimum absolute atomic E-state index is 0.112. The Morgan fingerprint density at radius 3 is 2.70 bits per heavy atom. The average Bonchev–Trinajstić information content (AvgIpc) is 2.60. The molecule has 0 fully saturated rings. The lowest BCUT2D eigenvalue weighted by Crippen LogP contribution is -2.26. The molecule has 0 spiro atoms. The molecule has 1 aromatic heterocycles. The fraction of sp³-hybridized carbons (Fsp3) is 0.333. The van der Waals surface area contributed by atoms with E-state index in [-0.39, 0.29) is 5.91 Å². The number of nitrogens with zero attached hydrogens (tertiary/aromatic N) is 2. The number of anilines is 2. The van der Waals surface area contributed by atoms with Crippen molar-refractivity contribution in [2.24, 2.45) is 0 Å². The van der Waals surface area contributed by atoms with Crippen molar-refractivity contribution in [1.82, 2.24) is 10.3 Å². The number of ether oxygens (including phenoxy) is 1. The normalized spacial score (nSPS) is 10.3. The largest absolute Gasteiger partial charge is 0.385 e. The molecule has 0 bridgehead atoms. The van der Waals surface area contributed by atoms with E-state index >= 15 is 0 Å². The standard InChI is InChI=1S/C18H23N3O2/c1-3-21(16-8-5-4-6-9-16)17-12-15(13-19-14-17)18(22)20-10-7-11-23-2/h4-6,8-9,12-14H,3,7,10-11H2,1-2H3,(H,20,22). The summed E-state index contributed by atoms with van der Waals surface area (Å²) >= 11 is 0. The van der Waals surface area contributed by atoms with E-state index in [1.165, 1.54) is 0 Å². The molecular formula is C18H23N3O2. The number of nitrogens with one attached hydrogen (secondary N) is 1. The third-order valence-corrected chi connectivity index (χ3v) is 3.49. The number of amides is 1. The van der Waals surface area contributed by atoms with Gasteiger partial charge in [0.15, 0.2) is 0 Å². The Morgan fingerprint density at radius 1 is 1.22 bits per heavy atom. The van der Waals surface area contributed by atoms with Gasteiger partial charge in [0.25, 0.3) is 5.91 Å². The Kier molecular flexibility index (Phi) is 6.56. The third-order valence-electron chi connectivity index (χ3n) is 3.49. The zero-order valence-corrected chi connectivity index (χ0v) is 13.7. The average molecular weight is 313 g/mol. The summed E-state index contributed by atoms with van der Waals surface area (Å²) in [6, 6.07) is 11.9. The van der Waals surface area contributed by atoms with Gasteiger partial charge in [-0.3, -0.25) is 9.78 Å². The zero-order valence-electron chi connectivity index (χ0n) is 13.7. The van der Waals surface area contributed by atoms with Crippen LogP contribution in [0.15, 0.2) is 48.8 Å². The van der Waals surface area contributed by atoms with Crippen molar-refractivity contribution in [2.45, 2.75) is 13.3 Å². The van der Waals surface area contributed by atoms with Crippen LogP contribution >= 0.6 is 0 Å². The van der Waals surface area contributed by atoms with E-state index in [4.69, 9.17) is 4.74 Å². The minimum Gasteiger partial charge on any atom is -0.385 e. The summed E-state index contributed by atoms with van der Waals surface area (Å²) in [5.74, 6) is -0.112. The molecule has 1 aromatic carbocycles. The molecule has 122 valence electrons. The summed E-state index contributed by atoms with van der Waals surface area (Å²) in [5.41, 5.74) is 2.55. The Morgan fingerprint density at radius 2 is 2.00 bits per heavy atom. The van der Waals surface area contributed by atoms with Gasteiger partial charge < -0.3 is 15.0 Å². The van der Waals surface area contributed by atoms with Crippen molar-refractivity contribution in [2.75, 3.05) is 31.7 Å². The number of pyridine rings is 1. The molecule has 0 unspecified atom stereocenters. The molecule has 23 heavy (non-hydrogen) atoms. The van der Waals surface area contributed by atoms with Gasteiger partial charge in [0, 0.05) is 38.7 Å². The lowest BCUT2D eigenvalue weighted by molar-refractivity contribution is 0.0948. The van der Waals surface area contributed by atoms with Gasteiger partial charge in [-0.2, -0.15) is 0 Å². The van der Waals surface area contributed by atoms with Crippen LogP contribution in [0.25, 0.3) is 0 Å². The van der Waals surface area contributed by atoms with Crippen LogP contribution in [0.2, 0.25) is 0 Å². The molecule has 0 radical (unpaired) electrons. The number of aromatic nitrogens is 1. The summed E-state index contributed by atoms with van der Waals surface area (Å²) in [5, 5.41) is 2.88. The summed E-state index contributed by atoms with van der Waals surface area (Å²) in [6.45, 7) is 4.10. The number of para-hydroxylation sites is 1. The Bertz CT molecular complexity index is 617. The Hall–Kier alpha value is -2.40. The van der Waals surface area contributed by atoms with E-state index in [1.807, 2.05) is 36.4 Å². The first-order chi connectivity index (χ1) is 11.3. The van der Waals surface area contributed by atoms with E-state index in [0.29, 0.717) is 18.7 Å². The number of carbonyl (C=O) groups is 1. The first-order valence-electron chi connectivity index (χ1n) is 7.81. The van der Waals surface area contributed by atoms with Crippen LogP contribution < -0.4 is 10.2 Å². The van der Waals surface area contributed by atoms with Gasteiger partial charge in [0.2, 0.25) is 0 Å². The maximum atomic E-state index is 12.2. The van der Waals surface area contributed by atoms with E-state index in [1.54, 1.807) is 19.5 Å². The Labute approximate surface area is 137 Å². The molecule has 0 aliphatic rings. The topological polar surface area (TPSA) is 54.5 Å². The van der Waals surface area contributed by atoms with Crippen molar-refractivity contribution in [3.63, 3.8) is 0 Å². The number of hydrogen-bond acceptors (Lipinski definition) is 4. The number of hydrogen-bond donors (Lipinski definition) is 1. The third kappa shape index (κ3) is 4.79. The highest BCUT2D eigenvalue weighted by atomic mass is 16.5. The smallest absolute Gasteiger partial charge is 0.252 e. The van der Waals surface area contributed by atoms with Gasteiger partial charge in [-0.25, -0.2) is 0 Å². The highest BCUT2D eigenvalue weighted by Crippen LogP contribution is 2.24. The van der Waals surface area contributed by atoms with Gasteiger partial charge in [-0.05, 0) is 31.5 Å². The predicted octanol–water partition coefficient (Wildman–Crippen LogP) is 3.01. The van der Waals surface area contributed by atoms with Gasteiger partial charge in [-0.15, -0.1) is 0 Å². The molecule has 5 nitrogen and oxygen atoms in total. The molecule has 0 aliphatic carbocycles. The molecule has 5 heteroatoms. The van der Waals surface area contributed by atoms with E-state index in [2.05, 4.69) is 22.1 Å². The summed E-state index contributed by atoms with van der Waals surface area (Å²) in [6.07, 6.45) is 4.16. The minimum atomic E-state index is -0.112. The summed E-state index contributed by atoms with van der Waals surface area (Å²) in [7, 11) is 1.65. The number of benzene rings is 1. The molecule has 1 amide bonds. The van der Waals surface area contributed by atoms with Crippen molar-refractivity contribution in [3.05, 3.63) is 54.4 Å². The second-order valence-corrected chi connectivity index (χ2v) is 5.11. The molecule has 0 saturated heterocycles. The van der Waals surface area contributed by atoms with Gasteiger partial charge in [0.05, 0.1) is 17.4 Å². The molecule has 0 saturated carbocycles. The van der Waals surface area contributed by atoms with Crippen molar-refractivity contribution in [3.8, 4) is 0 Å². The quantitative estimate of drug-likeness (QED) is 0.761.